The highest BCUT2D eigenvalue weighted by Crippen LogP contribution is 2.04. The van der Waals surface area contributed by atoms with E-state index in [9.17, 15) is 0 Å². The highest BCUT2D eigenvalue weighted by molar-refractivity contribution is 4.73. The molecule has 0 aromatic rings. The second-order valence-corrected chi connectivity index (χ2v) is 4.35. The average Bonchev–Trinajstić information content (AvgIpc) is 2.13. The normalized spacial score (nSPS) is 13.2. The van der Waals surface area contributed by atoms with Crippen molar-refractivity contribution in [2.24, 2.45) is 11.8 Å². The first-order valence-electron chi connectivity index (χ1n) is 5.30. The zero-order valence-electron chi connectivity index (χ0n) is 9.53. The SMILES string of the molecule is CC(C)CN(CCC#N)CC(C)CO. The summed E-state index contributed by atoms with van der Waals surface area (Å²) < 4.78 is 0. The van der Waals surface area contributed by atoms with Gasteiger partial charge < -0.3 is 10.0 Å². The van der Waals surface area contributed by atoms with Crippen LogP contribution in [0.4, 0.5) is 0 Å². The van der Waals surface area contributed by atoms with Crippen molar-refractivity contribution in [3.8, 4) is 6.07 Å². The molecule has 1 N–H and O–H groups in total. The lowest BCUT2D eigenvalue weighted by atomic mass is 10.1. The fourth-order valence-electron chi connectivity index (χ4n) is 1.48. The van der Waals surface area contributed by atoms with Crippen molar-refractivity contribution in [3.63, 3.8) is 0 Å². The van der Waals surface area contributed by atoms with Crippen molar-refractivity contribution < 1.29 is 5.11 Å². The molecule has 0 amide bonds. The summed E-state index contributed by atoms with van der Waals surface area (Å²) in [6.07, 6.45) is 0.574. The molecular weight excluding hydrogens is 176 g/mol. The van der Waals surface area contributed by atoms with Gasteiger partial charge in [0.2, 0.25) is 0 Å². The molecule has 14 heavy (non-hydrogen) atoms. The summed E-state index contributed by atoms with van der Waals surface area (Å²) in [5.41, 5.74) is 0. The highest BCUT2D eigenvalue weighted by atomic mass is 16.3. The summed E-state index contributed by atoms with van der Waals surface area (Å²) in [5.74, 6) is 0.909. The molecule has 0 radical (unpaired) electrons. The molecule has 0 aliphatic carbocycles. The van der Waals surface area contributed by atoms with Crippen LogP contribution in [0.2, 0.25) is 0 Å². The zero-order chi connectivity index (χ0) is 11.0. The average molecular weight is 198 g/mol. The molecule has 0 aliphatic rings. The van der Waals surface area contributed by atoms with Crippen LogP contribution in [0.15, 0.2) is 0 Å². The lowest BCUT2D eigenvalue weighted by Crippen LogP contribution is -2.33. The Morgan fingerprint density at radius 3 is 2.36 bits per heavy atom. The second-order valence-electron chi connectivity index (χ2n) is 4.35. The van der Waals surface area contributed by atoms with E-state index in [4.69, 9.17) is 10.4 Å². The van der Waals surface area contributed by atoms with Gasteiger partial charge in [-0.2, -0.15) is 5.26 Å². The predicted octanol–water partition coefficient (Wildman–Crippen LogP) is 1.49. The van der Waals surface area contributed by atoms with Crippen LogP contribution < -0.4 is 0 Å². The molecule has 3 nitrogen and oxygen atoms in total. The van der Waals surface area contributed by atoms with E-state index in [1.165, 1.54) is 0 Å². The van der Waals surface area contributed by atoms with Crippen molar-refractivity contribution >= 4 is 0 Å². The number of nitriles is 1. The van der Waals surface area contributed by atoms with Gasteiger partial charge in [0.25, 0.3) is 0 Å². The van der Waals surface area contributed by atoms with Crippen molar-refractivity contribution in [1.29, 1.82) is 5.26 Å². The first-order chi connectivity index (χ1) is 6.60. The van der Waals surface area contributed by atoms with Crippen molar-refractivity contribution in [2.75, 3.05) is 26.2 Å². The summed E-state index contributed by atoms with van der Waals surface area (Å²) in [6, 6.07) is 2.16. The minimum atomic E-state index is 0.223. The number of aliphatic hydroxyl groups is 1. The van der Waals surface area contributed by atoms with Gasteiger partial charge in [0.1, 0.15) is 0 Å². The molecule has 0 fully saturated rings. The Labute approximate surface area is 87.3 Å². The quantitative estimate of drug-likeness (QED) is 0.674. The lowest BCUT2D eigenvalue weighted by molar-refractivity contribution is 0.164. The zero-order valence-corrected chi connectivity index (χ0v) is 9.53. The van der Waals surface area contributed by atoms with Gasteiger partial charge in [-0.15, -0.1) is 0 Å². The summed E-state index contributed by atoms with van der Waals surface area (Å²) in [5, 5.41) is 17.5. The third-order valence-electron chi connectivity index (χ3n) is 2.04. The molecule has 1 unspecified atom stereocenters. The van der Waals surface area contributed by atoms with E-state index in [1.807, 2.05) is 6.92 Å². The highest BCUT2D eigenvalue weighted by Gasteiger charge is 2.10. The Hall–Kier alpha value is -0.590. The number of nitrogens with zero attached hydrogens (tertiary/aromatic N) is 2. The minimum absolute atomic E-state index is 0.223. The molecule has 0 spiro atoms. The first-order valence-corrected chi connectivity index (χ1v) is 5.30. The lowest BCUT2D eigenvalue weighted by Gasteiger charge is -2.25. The standard InChI is InChI=1S/C11H22N2O/c1-10(2)7-13(6-4-5-12)8-11(3)9-14/h10-11,14H,4,6-9H2,1-3H3. The maximum absolute atomic E-state index is 8.95. The largest absolute Gasteiger partial charge is 0.396 e. The number of rotatable bonds is 7. The number of aliphatic hydroxyl groups excluding tert-OH is 1. The molecule has 0 aromatic heterocycles. The topological polar surface area (TPSA) is 47.3 Å². The molecule has 3 heteroatoms. The Bertz CT molecular complexity index is 175. The predicted molar refractivity (Wildman–Crippen MR) is 57.8 cm³/mol. The molecule has 0 aliphatic heterocycles. The van der Waals surface area contributed by atoms with Gasteiger partial charge in [0, 0.05) is 32.7 Å². The van der Waals surface area contributed by atoms with Crippen LogP contribution in [0.5, 0.6) is 0 Å². The van der Waals surface area contributed by atoms with Crippen LogP contribution in [-0.2, 0) is 0 Å². The third kappa shape index (κ3) is 6.88. The van der Waals surface area contributed by atoms with Gasteiger partial charge in [-0.1, -0.05) is 20.8 Å². The molecule has 0 bridgehead atoms. The van der Waals surface area contributed by atoms with Crippen LogP contribution in [-0.4, -0.2) is 36.2 Å². The minimum Gasteiger partial charge on any atom is -0.396 e. The van der Waals surface area contributed by atoms with E-state index >= 15 is 0 Å². The van der Waals surface area contributed by atoms with Gasteiger partial charge in [0.05, 0.1) is 6.07 Å². The summed E-state index contributed by atoms with van der Waals surface area (Å²) in [6.45, 7) is 9.30. The molecule has 0 rings (SSSR count). The Balaban J connectivity index is 3.91. The summed E-state index contributed by atoms with van der Waals surface area (Å²) in [7, 11) is 0. The van der Waals surface area contributed by atoms with E-state index in [-0.39, 0.29) is 6.61 Å². The molecule has 0 saturated carbocycles. The maximum atomic E-state index is 8.95. The molecule has 0 aromatic carbocycles. The van der Waals surface area contributed by atoms with Gasteiger partial charge in [0.15, 0.2) is 0 Å². The van der Waals surface area contributed by atoms with Crippen LogP contribution in [0.3, 0.4) is 0 Å². The van der Waals surface area contributed by atoms with E-state index in [2.05, 4.69) is 24.8 Å². The van der Waals surface area contributed by atoms with Gasteiger partial charge in [-0.25, -0.2) is 0 Å². The van der Waals surface area contributed by atoms with Gasteiger partial charge in [-0.05, 0) is 11.8 Å². The Morgan fingerprint density at radius 1 is 1.29 bits per heavy atom. The van der Waals surface area contributed by atoms with Crippen molar-refractivity contribution in [3.05, 3.63) is 0 Å². The van der Waals surface area contributed by atoms with E-state index < -0.39 is 0 Å². The van der Waals surface area contributed by atoms with E-state index in [0.717, 1.165) is 19.6 Å². The third-order valence-corrected chi connectivity index (χ3v) is 2.04. The first kappa shape index (κ1) is 13.4. The number of hydrogen-bond acceptors (Lipinski definition) is 3. The molecule has 1 atom stereocenters. The Morgan fingerprint density at radius 2 is 1.93 bits per heavy atom. The number of hydrogen-bond donors (Lipinski definition) is 1. The van der Waals surface area contributed by atoms with Crippen LogP contribution in [0, 0.1) is 23.2 Å². The van der Waals surface area contributed by atoms with Crippen LogP contribution in [0.1, 0.15) is 27.2 Å². The van der Waals surface area contributed by atoms with E-state index in [1.54, 1.807) is 0 Å². The fourth-order valence-corrected chi connectivity index (χ4v) is 1.48. The van der Waals surface area contributed by atoms with Crippen molar-refractivity contribution in [1.82, 2.24) is 4.90 Å². The van der Waals surface area contributed by atoms with Crippen LogP contribution >= 0.6 is 0 Å². The maximum Gasteiger partial charge on any atom is 0.0635 e. The molecular formula is C11H22N2O. The summed E-state index contributed by atoms with van der Waals surface area (Å²) >= 11 is 0. The molecule has 0 heterocycles. The van der Waals surface area contributed by atoms with Gasteiger partial charge in [-0.3, -0.25) is 0 Å². The van der Waals surface area contributed by atoms with Gasteiger partial charge >= 0.3 is 0 Å². The molecule has 82 valence electrons. The second kappa shape index (κ2) is 7.78. The monoisotopic (exact) mass is 198 g/mol. The smallest absolute Gasteiger partial charge is 0.0635 e. The summed E-state index contributed by atoms with van der Waals surface area (Å²) in [4.78, 5) is 2.26. The van der Waals surface area contributed by atoms with Crippen LogP contribution in [0.25, 0.3) is 0 Å². The Kier molecular flexibility index (Phi) is 7.45. The van der Waals surface area contributed by atoms with E-state index in [0.29, 0.717) is 18.3 Å². The van der Waals surface area contributed by atoms with Crippen molar-refractivity contribution in [2.45, 2.75) is 27.2 Å². The molecule has 0 saturated heterocycles. The fraction of sp³-hybridized carbons (Fsp3) is 0.909.